The van der Waals surface area contributed by atoms with E-state index < -0.39 is 0 Å². The second-order valence-electron chi connectivity index (χ2n) is 7.76. The Morgan fingerprint density at radius 1 is 1.27 bits per heavy atom. The second kappa shape index (κ2) is 12.1. The van der Waals surface area contributed by atoms with Gasteiger partial charge >= 0.3 is 0 Å². The van der Waals surface area contributed by atoms with Crippen molar-refractivity contribution in [1.82, 2.24) is 40.1 Å². The standard InChI is InChI=1S/C22H27N13OS/c1-5-16-15(9-23)19(34-35(16)14-10-25-26-11-14)33-32-18-20(28-17-7-8-24-31-17)29-22(27-13(3)12-36-4)30-21(18)37-6-2/h7-8,10-11,13H,5-6,12H2,1-4H3,(H,25,26)(H3,24,27,28,29,30,31). The Balaban J connectivity index is 1.79. The van der Waals surface area contributed by atoms with Gasteiger partial charge in [0.05, 0.1) is 24.7 Å². The zero-order valence-electron chi connectivity index (χ0n) is 20.8. The number of nitrogens with zero attached hydrogens (tertiary/aromatic N) is 9. The summed E-state index contributed by atoms with van der Waals surface area (Å²) in [4.78, 5) is 9.31. The molecule has 0 bridgehead atoms. The van der Waals surface area contributed by atoms with Crippen LogP contribution in [0.25, 0.3) is 5.69 Å². The highest BCUT2D eigenvalue weighted by molar-refractivity contribution is 7.99. The fourth-order valence-electron chi connectivity index (χ4n) is 3.50. The van der Waals surface area contributed by atoms with Crippen LogP contribution in [0.2, 0.25) is 0 Å². The minimum absolute atomic E-state index is 0.0190. The smallest absolute Gasteiger partial charge is 0.226 e. The van der Waals surface area contributed by atoms with Gasteiger partial charge < -0.3 is 15.4 Å². The summed E-state index contributed by atoms with van der Waals surface area (Å²) in [5.74, 6) is 2.38. The highest BCUT2D eigenvalue weighted by Gasteiger charge is 2.20. The molecule has 4 heterocycles. The summed E-state index contributed by atoms with van der Waals surface area (Å²) in [6, 6.07) is 3.96. The number of H-pyrrole nitrogens is 2. The van der Waals surface area contributed by atoms with E-state index in [0.29, 0.717) is 58.3 Å². The van der Waals surface area contributed by atoms with Gasteiger partial charge in [0, 0.05) is 25.4 Å². The van der Waals surface area contributed by atoms with Crippen molar-refractivity contribution < 1.29 is 4.74 Å². The summed E-state index contributed by atoms with van der Waals surface area (Å²) in [5, 5.41) is 43.9. The molecule has 4 N–H and O–H groups in total. The van der Waals surface area contributed by atoms with E-state index in [2.05, 4.69) is 62.4 Å². The predicted octanol–water partition coefficient (Wildman–Crippen LogP) is 4.26. The molecule has 0 aliphatic heterocycles. The molecule has 0 radical (unpaired) electrons. The molecule has 0 aliphatic rings. The Morgan fingerprint density at radius 3 is 2.78 bits per heavy atom. The van der Waals surface area contributed by atoms with E-state index in [9.17, 15) is 5.26 Å². The normalized spacial score (nSPS) is 12.1. The molecule has 0 aromatic carbocycles. The van der Waals surface area contributed by atoms with Crippen molar-refractivity contribution in [3.8, 4) is 11.8 Å². The van der Waals surface area contributed by atoms with Crippen LogP contribution in [0.3, 0.4) is 0 Å². The largest absolute Gasteiger partial charge is 0.383 e. The number of anilines is 3. The number of ether oxygens (including phenoxy) is 1. The lowest BCUT2D eigenvalue weighted by molar-refractivity contribution is 0.190. The second-order valence-corrected chi connectivity index (χ2v) is 9.01. The maximum atomic E-state index is 9.87. The summed E-state index contributed by atoms with van der Waals surface area (Å²) in [5.41, 5.74) is 2.15. The zero-order valence-corrected chi connectivity index (χ0v) is 21.7. The van der Waals surface area contributed by atoms with Crippen molar-refractivity contribution >= 4 is 40.9 Å². The number of thioether (sulfide) groups is 1. The van der Waals surface area contributed by atoms with E-state index >= 15 is 0 Å². The molecular formula is C22H27N13OS. The highest BCUT2D eigenvalue weighted by atomic mass is 32.2. The lowest BCUT2D eigenvalue weighted by Crippen LogP contribution is -2.22. The van der Waals surface area contributed by atoms with Crippen molar-refractivity contribution in [3.63, 3.8) is 0 Å². The van der Waals surface area contributed by atoms with E-state index in [1.807, 2.05) is 20.8 Å². The van der Waals surface area contributed by atoms with E-state index in [1.54, 1.807) is 36.4 Å². The van der Waals surface area contributed by atoms with Gasteiger partial charge in [0.1, 0.15) is 28.2 Å². The molecule has 14 nitrogen and oxygen atoms in total. The van der Waals surface area contributed by atoms with Crippen LogP contribution in [0.5, 0.6) is 0 Å². The molecular weight excluding hydrogens is 494 g/mol. The first-order valence-corrected chi connectivity index (χ1v) is 12.6. The van der Waals surface area contributed by atoms with Crippen LogP contribution in [0.4, 0.5) is 29.1 Å². The Morgan fingerprint density at radius 2 is 2.14 bits per heavy atom. The number of rotatable bonds is 12. The van der Waals surface area contributed by atoms with Gasteiger partial charge in [0.2, 0.25) is 11.8 Å². The third-order valence-electron chi connectivity index (χ3n) is 5.06. The highest BCUT2D eigenvalue weighted by Crippen LogP contribution is 2.37. The van der Waals surface area contributed by atoms with Gasteiger partial charge in [-0.05, 0) is 19.1 Å². The van der Waals surface area contributed by atoms with Crippen LogP contribution < -0.4 is 10.6 Å². The Bertz CT molecular complexity index is 1370. The summed E-state index contributed by atoms with van der Waals surface area (Å²) >= 11 is 1.49. The summed E-state index contributed by atoms with van der Waals surface area (Å²) in [6.45, 7) is 6.42. The Kier molecular flexibility index (Phi) is 8.44. The predicted molar refractivity (Wildman–Crippen MR) is 139 cm³/mol. The minimum Gasteiger partial charge on any atom is -0.383 e. The first-order valence-electron chi connectivity index (χ1n) is 11.6. The number of aromatic amines is 2. The van der Waals surface area contributed by atoms with E-state index in [4.69, 9.17) is 4.74 Å². The molecule has 4 rings (SSSR count). The van der Waals surface area contributed by atoms with Crippen molar-refractivity contribution in [2.45, 2.75) is 38.3 Å². The zero-order chi connectivity index (χ0) is 26.2. The van der Waals surface area contributed by atoms with Gasteiger partial charge in [0.25, 0.3) is 0 Å². The SMILES string of the molecule is CCSc1nc(NC(C)COC)nc(Nc2ccn[nH]2)c1N=Nc1nn(-c2cn[nH]c2)c(CC)c1C#N. The number of nitrogens with one attached hydrogen (secondary N) is 4. The number of nitriles is 1. The first-order chi connectivity index (χ1) is 18.1. The van der Waals surface area contributed by atoms with Gasteiger partial charge in [0.15, 0.2) is 11.5 Å². The topological polar surface area (TPSA) is 183 Å². The molecule has 1 unspecified atom stereocenters. The number of hydrogen-bond acceptors (Lipinski definition) is 12. The molecule has 0 amide bonds. The van der Waals surface area contributed by atoms with Crippen LogP contribution in [0.15, 0.2) is 39.9 Å². The molecule has 192 valence electrons. The summed E-state index contributed by atoms with van der Waals surface area (Å²) in [7, 11) is 1.64. The maximum absolute atomic E-state index is 9.87. The molecule has 0 saturated heterocycles. The first kappa shape index (κ1) is 25.8. The molecule has 4 aromatic rings. The van der Waals surface area contributed by atoms with Crippen molar-refractivity contribution in [3.05, 3.63) is 35.9 Å². The fourth-order valence-corrected chi connectivity index (χ4v) is 4.20. The molecule has 0 aliphatic carbocycles. The third-order valence-corrected chi connectivity index (χ3v) is 5.91. The molecule has 0 fully saturated rings. The van der Waals surface area contributed by atoms with Crippen molar-refractivity contribution in [1.29, 1.82) is 5.26 Å². The molecule has 4 aromatic heterocycles. The summed E-state index contributed by atoms with van der Waals surface area (Å²) < 4.78 is 6.86. The third kappa shape index (κ3) is 5.93. The molecule has 0 spiro atoms. The van der Waals surface area contributed by atoms with Gasteiger partial charge in [-0.15, -0.1) is 27.1 Å². The summed E-state index contributed by atoms with van der Waals surface area (Å²) in [6.07, 6.45) is 5.52. The molecule has 1 atom stereocenters. The van der Waals surface area contributed by atoms with E-state index in [0.717, 1.165) is 5.75 Å². The lowest BCUT2D eigenvalue weighted by Gasteiger charge is -2.16. The number of hydrogen-bond donors (Lipinski definition) is 4. The Labute approximate surface area is 217 Å². The van der Waals surface area contributed by atoms with Crippen molar-refractivity contribution in [2.24, 2.45) is 10.2 Å². The number of aromatic nitrogens is 8. The monoisotopic (exact) mass is 521 g/mol. The van der Waals surface area contributed by atoms with Gasteiger partial charge in [-0.25, -0.2) is 9.67 Å². The van der Waals surface area contributed by atoms with Crippen LogP contribution in [0.1, 0.15) is 32.0 Å². The molecule has 0 saturated carbocycles. The maximum Gasteiger partial charge on any atom is 0.226 e. The van der Waals surface area contributed by atoms with Crippen LogP contribution in [0, 0.1) is 11.3 Å². The average Bonchev–Trinajstić information content (AvgIpc) is 3.65. The van der Waals surface area contributed by atoms with Gasteiger partial charge in [-0.1, -0.05) is 13.8 Å². The Hall–Kier alpha value is -4.29. The number of methoxy groups -OCH3 is 1. The molecule has 37 heavy (non-hydrogen) atoms. The minimum atomic E-state index is -0.0190. The van der Waals surface area contributed by atoms with Crippen LogP contribution in [-0.4, -0.2) is 65.7 Å². The lowest BCUT2D eigenvalue weighted by atomic mass is 10.2. The van der Waals surface area contributed by atoms with Crippen molar-refractivity contribution in [2.75, 3.05) is 30.1 Å². The average molecular weight is 522 g/mol. The van der Waals surface area contributed by atoms with Crippen LogP contribution in [-0.2, 0) is 11.2 Å². The van der Waals surface area contributed by atoms with E-state index in [-0.39, 0.29) is 11.9 Å². The molecule has 15 heteroatoms. The van der Waals surface area contributed by atoms with Crippen LogP contribution >= 0.6 is 11.8 Å². The van der Waals surface area contributed by atoms with E-state index in [1.165, 1.54) is 11.8 Å². The fraction of sp³-hybridized carbons (Fsp3) is 0.364. The quantitative estimate of drug-likeness (QED) is 0.119. The number of azo groups is 1. The van der Waals surface area contributed by atoms with Gasteiger partial charge in [-0.2, -0.15) is 20.4 Å². The van der Waals surface area contributed by atoms with Gasteiger partial charge in [-0.3, -0.25) is 10.2 Å².